The van der Waals surface area contributed by atoms with Crippen LogP contribution in [-0.2, 0) is 0 Å². The lowest BCUT2D eigenvalue weighted by Gasteiger charge is -2.01. The number of fused-ring (bicyclic) bond motifs is 1. The number of ketones is 1. The molecule has 3 heteroatoms. The molecule has 0 aliphatic rings. The van der Waals surface area contributed by atoms with Crippen molar-refractivity contribution in [3.05, 3.63) is 41.2 Å². The van der Waals surface area contributed by atoms with Crippen molar-refractivity contribution in [3.8, 4) is 0 Å². The highest BCUT2D eigenvalue weighted by Gasteiger charge is 2.03. The van der Waals surface area contributed by atoms with Gasteiger partial charge in [0.1, 0.15) is 5.15 Å². The van der Waals surface area contributed by atoms with Crippen LogP contribution in [0.1, 0.15) is 17.3 Å². The molecule has 1 aromatic carbocycles. The maximum absolute atomic E-state index is 11.1. The average Bonchev–Trinajstić information content (AvgIpc) is 2.18. The Morgan fingerprint density at radius 2 is 2.14 bits per heavy atom. The van der Waals surface area contributed by atoms with E-state index in [2.05, 4.69) is 4.98 Å². The molecule has 0 saturated carbocycles. The van der Waals surface area contributed by atoms with Crippen molar-refractivity contribution in [1.29, 1.82) is 0 Å². The summed E-state index contributed by atoms with van der Waals surface area (Å²) < 4.78 is 0. The Morgan fingerprint density at radius 1 is 1.36 bits per heavy atom. The van der Waals surface area contributed by atoms with Crippen LogP contribution in [0.25, 0.3) is 10.8 Å². The van der Waals surface area contributed by atoms with Crippen molar-refractivity contribution in [3.63, 3.8) is 0 Å². The number of pyridine rings is 1. The van der Waals surface area contributed by atoms with Crippen molar-refractivity contribution in [2.24, 2.45) is 0 Å². The monoisotopic (exact) mass is 205 g/mol. The first-order chi connectivity index (χ1) is 6.68. The molecular formula is C11H8ClNO. The maximum Gasteiger partial charge on any atom is 0.159 e. The molecule has 2 rings (SSSR count). The second-order valence-electron chi connectivity index (χ2n) is 3.09. The average molecular weight is 206 g/mol. The Morgan fingerprint density at radius 3 is 2.86 bits per heavy atom. The molecule has 14 heavy (non-hydrogen) atoms. The second kappa shape index (κ2) is 3.39. The quantitative estimate of drug-likeness (QED) is 0.529. The van der Waals surface area contributed by atoms with E-state index in [1.54, 1.807) is 18.3 Å². The molecule has 0 fully saturated rings. The van der Waals surface area contributed by atoms with E-state index < -0.39 is 0 Å². The minimum absolute atomic E-state index is 0.0341. The molecular weight excluding hydrogens is 198 g/mol. The molecule has 1 heterocycles. The summed E-state index contributed by atoms with van der Waals surface area (Å²) in [6, 6.07) is 7.30. The van der Waals surface area contributed by atoms with E-state index in [4.69, 9.17) is 11.6 Å². The van der Waals surface area contributed by atoms with Crippen LogP contribution in [0.3, 0.4) is 0 Å². The maximum atomic E-state index is 11.1. The van der Waals surface area contributed by atoms with Crippen molar-refractivity contribution in [2.75, 3.05) is 0 Å². The fourth-order valence-corrected chi connectivity index (χ4v) is 1.57. The van der Waals surface area contributed by atoms with E-state index in [-0.39, 0.29) is 5.78 Å². The van der Waals surface area contributed by atoms with Gasteiger partial charge in [-0.1, -0.05) is 23.7 Å². The number of aromatic nitrogens is 1. The van der Waals surface area contributed by atoms with Crippen molar-refractivity contribution in [1.82, 2.24) is 4.98 Å². The summed E-state index contributed by atoms with van der Waals surface area (Å²) in [6.07, 6.45) is 1.65. The molecule has 0 atom stereocenters. The van der Waals surface area contributed by atoms with Crippen molar-refractivity contribution in [2.45, 2.75) is 6.92 Å². The number of carbonyl (C=O) groups is 1. The third kappa shape index (κ3) is 1.49. The number of benzene rings is 1. The van der Waals surface area contributed by atoms with Crippen LogP contribution in [0.5, 0.6) is 0 Å². The van der Waals surface area contributed by atoms with Gasteiger partial charge in [0.05, 0.1) is 0 Å². The number of hydrogen-bond acceptors (Lipinski definition) is 2. The predicted octanol–water partition coefficient (Wildman–Crippen LogP) is 3.09. The second-order valence-corrected chi connectivity index (χ2v) is 3.45. The van der Waals surface area contributed by atoms with Crippen LogP contribution in [0.15, 0.2) is 30.5 Å². The molecule has 0 unspecified atom stereocenters. The Labute approximate surface area is 86.5 Å². The van der Waals surface area contributed by atoms with Crippen molar-refractivity contribution < 1.29 is 4.79 Å². The molecule has 0 bridgehead atoms. The minimum Gasteiger partial charge on any atom is -0.295 e. The summed E-state index contributed by atoms with van der Waals surface area (Å²) in [7, 11) is 0. The highest BCUT2D eigenvalue weighted by atomic mass is 35.5. The highest BCUT2D eigenvalue weighted by molar-refractivity contribution is 6.34. The Balaban J connectivity index is 2.76. The van der Waals surface area contributed by atoms with Gasteiger partial charge in [0.25, 0.3) is 0 Å². The molecule has 0 amide bonds. The third-order valence-corrected chi connectivity index (χ3v) is 2.43. The summed E-state index contributed by atoms with van der Waals surface area (Å²) in [5.41, 5.74) is 0.660. The largest absolute Gasteiger partial charge is 0.295 e. The van der Waals surface area contributed by atoms with Crippen LogP contribution in [0.2, 0.25) is 5.15 Å². The number of halogens is 1. The van der Waals surface area contributed by atoms with Gasteiger partial charge in [0.15, 0.2) is 5.78 Å². The van der Waals surface area contributed by atoms with Gasteiger partial charge in [-0.15, -0.1) is 0 Å². The smallest absolute Gasteiger partial charge is 0.159 e. The number of hydrogen-bond donors (Lipinski definition) is 0. The molecule has 0 N–H and O–H groups in total. The summed E-state index contributed by atoms with van der Waals surface area (Å²) in [6.45, 7) is 1.53. The van der Waals surface area contributed by atoms with E-state index in [1.165, 1.54) is 6.92 Å². The van der Waals surface area contributed by atoms with Crippen LogP contribution >= 0.6 is 11.6 Å². The molecule has 2 nitrogen and oxygen atoms in total. The van der Waals surface area contributed by atoms with Crippen molar-refractivity contribution >= 4 is 28.2 Å². The topological polar surface area (TPSA) is 30.0 Å². The minimum atomic E-state index is 0.0341. The van der Waals surface area contributed by atoms with Crippen LogP contribution in [0, 0.1) is 0 Å². The standard InChI is InChI=1S/C11H8ClNO/c1-7(14)9-3-2-8-4-5-13-11(12)10(8)6-9/h2-6H,1H3. The molecule has 0 aliphatic carbocycles. The van der Waals surface area contributed by atoms with Crippen LogP contribution in [-0.4, -0.2) is 10.8 Å². The van der Waals surface area contributed by atoms with Gasteiger partial charge in [-0.3, -0.25) is 4.79 Å². The van der Waals surface area contributed by atoms with Gasteiger partial charge in [0.2, 0.25) is 0 Å². The number of Topliss-reactive ketones (excluding diaryl/α,β-unsaturated/α-hetero) is 1. The molecule has 1 aromatic heterocycles. The lowest BCUT2D eigenvalue weighted by atomic mass is 10.1. The van der Waals surface area contributed by atoms with E-state index in [1.807, 2.05) is 12.1 Å². The number of nitrogens with zero attached hydrogens (tertiary/aromatic N) is 1. The lowest BCUT2D eigenvalue weighted by molar-refractivity contribution is 0.101. The highest BCUT2D eigenvalue weighted by Crippen LogP contribution is 2.22. The zero-order valence-electron chi connectivity index (χ0n) is 7.62. The third-order valence-electron chi connectivity index (χ3n) is 2.12. The normalized spacial score (nSPS) is 10.4. The number of carbonyl (C=O) groups excluding carboxylic acids is 1. The molecule has 0 radical (unpaired) electrons. The van der Waals surface area contributed by atoms with Gasteiger partial charge < -0.3 is 0 Å². The molecule has 0 aliphatic heterocycles. The van der Waals surface area contributed by atoms with Crippen LogP contribution < -0.4 is 0 Å². The fourth-order valence-electron chi connectivity index (χ4n) is 1.35. The first-order valence-electron chi connectivity index (χ1n) is 4.23. The summed E-state index contributed by atoms with van der Waals surface area (Å²) >= 11 is 5.91. The summed E-state index contributed by atoms with van der Waals surface area (Å²) in [5.74, 6) is 0.0341. The molecule has 2 aromatic rings. The first-order valence-corrected chi connectivity index (χ1v) is 4.61. The zero-order chi connectivity index (χ0) is 10.1. The van der Waals surface area contributed by atoms with Gasteiger partial charge in [0, 0.05) is 17.1 Å². The molecule has 0 spiro atoms. The van der Waals surface area contributed by atoms with E-state index >= 15 is 0 Å². The SMILES string of the molecule is CC(=O)c1ccc2ccnc(Cl)c2c1. The Bertz CT molecular complexity index is 508. The van der Waals surface area contributed by atoms with E-state index in [0.717, 1.165) is 10.8 Å². The van der Waals surface area contributed by atoms with E-state index in [9.17, 15) is 4.79 Å². The van der Waals surface area contributed by atoms with Crippen LogP contribution in [0.4, 0.5) is 0 Å². The summed E-state index contributed by atoms with van der Waals surface area (Å²) in [5, 5.41) is 2.25. The van der Waals surface area contributed by atoms with Gasteiger partial charge in [-0.05, 0) is 24.4 Å². The zero-order valence-corrected chi connectivity index (χ0v) is 8.38. The van der Waals surface area contributed by atoms with E-state index in [0.29, 0.717) is 10.7 Å². The Hall–Kier alpha value is -1.41. The van der Waals surface area contributed by atoms with Gasteiger partial charge >= 0.3 is 0 Å². The fraction of sp³-hybridized carbons (Fsp3) is 0.0909. The molecule has 70 valence electrons. The Kier molecular flexibility index (Phi) is 2.22. The lowest BCUT2D eigenvalue weighted by Crippen LogP contribution is -1.91. The summed E-state index contributed by atoms with van der Waals surface area (Å²) in [4.78, 5) is 15.1. The predicted molar refractivity (Wildman–Crippen MR) is 56.8 cm³/mol. The molecule has 0 saturated heterocycles. The van der Waals surface area contributed by atoms with Gasteiger partial charge in [-0.2, -0.15) is 0 Å². The number of rotatable bonds is 1. The first kappa shape index (κ1) is 9.16. The van der Waals surface area contributed by atoms with Gasteiger partial charge in [-0.25, -0.2) is 4.98 Å².